The first kappa shape index (κ1) is 14.4. The van der Waals surface area contributed by atoms with Gasteiger partial charge in [0.2, 0.25) is 0 Å². The molecule has 3 rings (SSSR count). The number of carbonyl (C=O) groups excluding carboxylic acids is 2. The summed E-state index contributed by atoms with van der Waals surface area (Å²) in [6, 6.07) is 9.04. The second-order valence-electron chi connectivity index (χ2n) is 5.63. The van der Waals surface area contributed by atoms with Crippen molar-refractivity contribution >= 4 is 18.0 Å². The van der Waals surface area contributed by atoms with Crippen LogP contribution in [0.25, 0.3) is 0 Å². The fraction of sp³-hybridized carbons (Fsp3) is 0.400. The lowest BCUT2D eigenvalue weighted by Gasteiger charge is -2.41. The smallest absolute Gasteiger partial charge is 0.407 e. The predicted molar refractivity (Wildman–Crippen MR) is 77.1 cm³/mol. The van der Waals surface area contributed by atoms with Crippen LogP contribution >= 0.6 is 0 Å². The van der Waals surface area contributed by atoms with Crippen molar-refractivity contribution in [3.63, 3.8) is 0 Å². The van der Waals surface area contributed by atoms with Crippen molar-refractivity contribution in [1.29, 1.82) is 0 Å². The zero-order chi connectivity index (χ0) is 15.7. The van der Waals surface area contributed by atoms with Gasteiger partial charge in [-0.2, -0.15) is 0 Å². The van der Waals surface area contributed by atoms with Gasteiger partial charge in [0.15, 0.2) is 0 Å². The second kappa shape index (κ2) is 5.32. The molecule has 1 spiro atoms. The quantitative estimate of drug-likeness (QED) is 0.805. The number of urea groups is 1. The summed E-state index contributed by atoms with van der Waals surface area (Å²) in [7, 11) is 0. The molecule has 0 unspecified atom stereocenters. The van der Waals surface area contributed by atoms with Gasteiger partial charge in [0, 0.05) is 19.6 Å². The Morgan fingerprint density at radius 1 is 1.18 bits per heavy atom. The fourth-order valence-corrected chi connectivity index (χ4v) is 3.15. The molecule has 22 heavy (non-hydrogen) atoms. The number of carboxylic acid groups (broad SMARTS) is 1. The van der Waals surface area contributed by atoms with Crippen molar-refractivity contribution in [3.8, 4) is 0 Å². The summed E-state index contributed by atoms with van der Waals surface area (Å²) < 4.78 is 0. The minimum atomic E-state index is -0.991. The summed E-state index contributed by atoms with van der Waals surface area (Å²) in [6.45, 7) is 0.841. The molecule has 1 aromatic carbocycles. The number of rotatable bonds is 2. The molecule has 0 aliphatic carbocycles. The van der Waals surface area contributed by atoms with Gasteiger partial charge < -0.3 is 14.9 Å². The first-order valence-corrected chi connectivity index (χ1v) is 7.18. The average molecular weight is 303 g/mol. The molecule has 2 fully saturated rings. The van der Waals surface area contributed by atoms with E-state index in [-0.39, 0.29) is 19.0 Å². The number of likely N-dealkylation sites (tertiary alicyclic amines) is 1. The normalized spacial score (nSPS) is 20.4. The van der Waals surface area contributed by atoms with Crippen LogP contribution in [0, 0.1) is 0 Å². The van der Waals surface area contributed by atoms with Crippen LogP contribution in [0.4, 0.5) is 9.59 Å². The van der Waals surface area contributed by atoms with Gasteiger partial charge in [-0.1, -0.05) is 30.3 Å². The van der Waals surface area contributed by atoms with Crippen LogP contribution in [-0.2, 0) is 11.3 Å². The van der Waals surface area contributed by atoms with Gasteiger partial charge in [0.1, 0.15) is 5.54 Å². The van der Waals surface area contributed by atoms with Gasteiger partial charge in [0.05, 0.1) is 0 Å². The van der Waals surface area contributed by atoms with E-state index in [0.717, 1.165) is 5.56 Å². The van der Waals surface area contributed by atoms with E-state index in [4.69, 9.17) is 5.11 Å². The molecule has 7 nitrogen and oxygen atoms in total. The minimum absolute atomic E-state index is 0.251. The number of hydrogen-bond acceptors (Lipinski definition) is 3. The number of nitrogens with one attached hydrogen (secondary N) is 1. The summed E-state index contributed by atoms with van der Waals surface area (Å²) in [5, 5.41) is 11.4. The van der Waals surface area contributed by atoms with Crippen LogP contribution in [0.3, 0.4) is 0 Å². The zero-order valence-electron chi connectivity index (χ0n) is 12.0. The molecular formula is C15H17N3O4. The molecule has 0 atom stereocenters. The molecule has 2 aliphatic heterocycles. The molecule has 0 aromatic heterocycles. The molecule has 2 saturated heterocycles. The highest BCUT2D eigenvalue weighted by Gasteiger charge is 2.54. The van der Waals surface area contributed by atoms with Crippen LogP contribution < -0.4 is 5.32 Å². The Balaban J connectivity index is 1.83. The maximum Gasteiger partial charge on any atom is 0.407 e. The van der Waals surface area contributed by atoms with E-state index in [1.807, 2.05) is 30.3 Å². The third-order valence-corrected chi connectivity index (χ3v) is 4.45. The third-order valence-electron chi connectivity index (χ3n) is 4.45. The monoisotopic (exact) mass is 303 g/mol. The highest BCUT2D eigenvalue weighted by atomic mass is 16.4. The van der Waals surface area contributed by atoms with Gasteiger partial charge >= 0.3 is 12.1 Å². The Labute approximate surface area is 127 Å². The summed E-state index contributed by atoms with van der Waals surface area (Å²) >= 11 is 0. The number of piperidine rings is 1. The highest BCUT2D eigenvalue weighted by Crippen LogP contribution is 2.34. The van der Waals surface area contributed by atoms with Crippen molar-refractivity contribution in [2.45, 2.75) is 24.9 Å². The number of nitrogens with zero attached hydrogens (tertiary/aromatic N) is 2. The number of amides is 4. The molecule has 0 bridgehead atoms. The highest BCUT2D eigenvalue weighted by molar-refractivity contribution is 6.07. The molecule has 4 amide bonds. The first-order valence-electron chi connectivity index (χ1n) is 7.18. The fourth-order valence-electron chi connectivity index (χ4n) is 3.15. The van der Waals surface area contributed by atoms with Crippen LogP contribution in [0.2, 0.25) is 0 Å². The number of benzene rings is 1. The summed E-state index contributed by atoms with van der Waals surface area (Å²) in [5.74, 6) is -0.321. The molecule has 2 heterocycles. The zero-order valence-corrected chi connectivity index (χ0v) is 12.0. The van der Waals surface area contributed by atoms with E-state index in [1.165, 1.54) is 4.90 Å². The Bertz CT molecular complexity index is 608. The Hall–Kier alpha value is -2.57. The average Bonchev–Trinajstić information content (AvgIpc) is 2.73. The number of imide groups is 1. The van der Waals surface area contributed by atoms with Crippen LogP contribution in [-0.4, -0.2) is 51.6 Å². The molecule has 0 saturated carbocycles. The largest absolute Gasteiger partial charge is 0.465 e. The van der Waals surface area contributed by atoms with Crippen molar-refractivity contribution in [2.24, 2.45) is 0 Å². The predicted octanol–water partition coefficient (Wildman–Crippen LogP) is 1.25. The Morgan fingerprint density at radius 2 is 1.82 bits per heavy atom. The molecule has 2 N–H and O–H groups in total. The SMILES string of the molecule is O=C(O)N1CCC2(CC1)C(=O)NC(=O)N2Cc1ccccc1. The molecule has 7 heteroatoms. The van der Waals surface area contributed by atoms with Crippen molar-refractivity contribution in [3.05, 3.63) is 35.9 Å². The van der Waals surface area contributed by atoms with Gasteiger partial charge in [-0.3, -0.25) is 10.1 Å². The lowest BCUT2D eigenvalue weighted by atomic mass is 9.86. The van der Waals surface area contributed by atoms with E-state index in [0.29, 0.717) is 19.4 Å². The second-order valence-corrected chi connectivity index (χ2v) is 5.63. The Kier molecular flexibility index (Phi) is 3.48. The standard InChI is InChI=1S/C15H17N3O4/c19-12-15(6-8-17(9-7-15)14(21)22)18(13(20)16-12)10-11-4-2-1-3-5-11/h1-5H,6-10H2,(H,21,22)(H,16,19,20). The first-order chi connectivity index (χ1) is 10.5. The molecule has 2 aliphatic rings. The van der Waals surface area contributed by atoms with Crippen molar-refractivity contribution in [1.82, 2.24) is 15.1 Å². The van der Waals surface area contributed by atoms with Gasteiger partial charge in [0.25, 0.3) is 5.91 Å². The molecular weight excluding hydrogens is 286 g/mol. The number of hydrogen-bond donors (Lipinski definition) is 2. The Morgan fingerprint density at radius 3 is 2.41 bits per heavy atom. The van der Waals surface area contributed by atoms with E-state index in [9.17, 15) is 14.4 Å². The van der Waals surface area contributed by atoms with Crippen molar-refractivity contribution < 1.29 is 19.5 Å². The maximum absolute atomic E-state index is 12.3. The van der Waals surface area contributed by atoms with E-state index >= 15 is 0 Å². The lowest BCUT2D eigenvalue weighted by Crippen LogP contribution is -2.56. The summed E-state index contributed by atoms with van der Waals surface area (Å²) in [5.41, 5.74) is 0.00573. The summed E-state index contributed by atoms with van der Waals surface area (Å²) in [6.07, 6.45) is -0.345. The van der Waals surface area contributed by atoms with Gasteiger partial charge in [-0.05, 0) is 18.4 Å². The lowest BCUT2D eigenvalue weighted by molar-refractivity contribution is -0.129. The maximum atomic E-state index is 12.3. The van der Waals surface area contributed by atoms with Gasteiger partial charge in [-0.25, -0.2) is 9.59 Å². The van der Waals surface area contributed by atoms with Crippen LogP contribution in [0.5, 0.6) is 0 Å². The minimum Gasteiger partial charge on any atom is -0.465 e. The van der Waals surface area contributed by atoms with E-state index in [2.05, 4.69) is 5.32 Å². The van der Waals surface area contributed by atoms with E-state index < -0.39 is 17.7 Å². The van der Waals surface area contributed by atoms with E-state index in [1.54, 1.807) is 4.90 Å². The molecule has 116 valence electrons. The van der Waals surface area contributed by atoms with Crippen molar-refractivity contribution in [2.75, 3.05) is 13.1 Å². The topological polar surface area (TPSA) is 90.0 Å². The summed E-state index contributed by atoms with van der Waals surface area (Å²) in [4.78, 5) is 38.3. The van der Waals surface area contributed by atoms with Gasteiger partial charge in [-0.15, -0.1) is 0 Å². The third kappa shape index (κ3) is 2.28. The number of carbonyl (C=O) groups is 3. The molecule has 1 aromatic rings. The molecule has 0 radical (unpaired) electrons. The van der Waals surface area contributed by atoms with Crippen LogP contribution in [0.15, 0.2) is 30.3 Å². The van der Waals surface area contributed by atoms with Crippen LogP contribution in [0.1, 0.15) is 18.4 Å².